The van der Waals surface area contributed by atoms with Crippen molar-refractivity contribution in [1.82, 2.24) is 9.78 Å². The van der Waals surface area contributed by atoms with E-state index in [9.17, 15) is 19.2 Å². The monoisotopic (exact) mass is 359 g/mol. The lowest BCUT2D eigenvalue weighted by Gasteiger charge is -2.12. The van der Waals surface area contributed by atoms with Crippen molar-refractivity contribution in [2.24, 2.45) is 0 Å². The number of hydrogen-bond acceptors (Lipinski definition) is 7. The first-order valence-electron chi connectivity index (χ1n) is 7.83. The molecule has 0 aliphatic rings. The molecule has 0 spiro atoms. The van der Waals surface area contributed by atoms with Crippen LogP contribution in [-0.2, 0) is 19.1 Å². The Kier molecular flexibility index (Phi) is 6.20. The van der Waals surface area contributed by atoms with Gasteiger partial charge in [-0.3, -0.25) is 9.59 Å². The van der Waals surface area contributed by atoms with E-state index in [1.54, 1.807) is 37.3 Å². The highest BCUT2D eigenvalue weighted by atomic mass is 16.5. The molecule has 1 N–H and O–H groups in total. The molecule has 9 nitrogen and oxygen atoms in total. The van der Waals surface area contributed by atoms with Gasteiger partial charge in [0.1, 0.15) is 0 Å². The summed E-state index contributed by atoms with van der Waals surface area (Å²) >= 11 is 0. The van der Waals surface area contributed by atoms with Gasteiger partial charge in [0, 0.05) is 6.07 Å². The zero-order valence-electron chi connectivity index (χ0n) is 14.2. The summed E-state index contributed by atoms with van der Waals surface area (Å²) in [7, 11) is 0. The van der Waals surface area contributed by atoms with Gasteiger partial charge in [0.2, 0.25) is 0 Å². The number of para-hydroxylation sites is 1. The lowest BCUT2D eigenvalue weighted by atomic mass is 10.3. The summed E-state index contributed by atoms with van der Waals surface area (Å²) in [6, 6.07) is 9.40. The Balaban J connectivity index is 2.49. The highest BCUT2D eigenvalue weighted by Crippen LogP contribution is 2.14. The molecule has 1 amide bonds. The number of carbonyl (C=O) groups excluding carboxylic acids is 3. The van der Waals surface area contributed by atoms with E-state index in [2.05, 4.69) is 15.2 Å². The van der Waals surface area contributed by atoms with E-state index in [-0.39, 0.29) is 24.6 Å². The summed E-state index contributed by atoms with van der Waals surface area (Å²) in [5.41, 5.74) is -0.735. The van der Waals surface area contributed by atoms with Crippen molar-refractivity contribution < 1.29 is 23.9 Å². The molecule has 2 aromatic rings. The molecule has 0 aliphatic heterocycles. The SMILES string of the molecule is CCOC(=O)C(=O)Nc1cc(=O)n(-c2ccccc2)nc1C(=O)OCC. The predicted octanol–water partition coefficient (Wildman–Crippen LogP) is 0.911. The van der Waals surface area contributed by atoms with E-state index in [0.29, 0.717) is 5.69 Å². The molecule has 2 rings (SSSR count). The number of hydrogen-bond donors (Lipinski definition) is 1. The Morgan fingerprint density at radius 3 is 2.35 bits per heavy atom. The lowest BCUT2D eigenvalue weighted by Crippen LogP contribution is -2.30. The first-order chi connectivity index (χ1) is 12.5. The molecule has 0 aliphatic carbocycles. The molecule has 0 bridgehead atoms. The van der Waals surface area contributed by atoms with Crippen molar-refractivity contribution in [2.75, 3.05) is 18.5 Å². The van der Waals surface area contributed by atoms with Gasteiger partial charge >= 0.3 is 17.8 Å². The van der Waals surface area contributed by atoms with Crippen LogP contribution in [0.15, 0.2) is 41.2 Å². The maximum atomic E-state index is 12.3. The van der Waals surface area contributed by atoms with Crippen LogP contribution >= 0.6 is 0 Å². The number of ether oxygens (including phenoxy) is 2. The topological polar surface area (TPSA) is 117 Å². The molecule has 0 atom stereocenters. The number of anilines is 1. The van der Waals surface area contributed by atoms with Crippen LogP contribution in [0.1, 0.15) is 24.3 Å². The van der Waals surface area contributed by atoms with Crippen molar-refractivity contribution in [1.29, 1.82) is 0 Å². The molecule has 1 aromatic carbocycles. The minimum absolute atomic E-state index is 0.00480. The molecular formula is C17H17N3O6. The van der Waals surface area contributed by atoms with Crippen molar-refractivity contribution in [3.8, 4) is 5.69 Å². The number of nitrogens with zero attached hydrogens (tertiary/aromatic N) is 2. The first kappa shape index (κ1) is 18.8. The van der Waals surface area contributed by atoms with E-state index in [1.165, 1.54) is 6.92 Å². The van der Waals surface area contributed by atoms with Crippen molar-refractivity contribution in [3.63, 3.8) is 0 Å². The standard InChI is InChI=1S/C17H17N3O6/c1-3-25-16(23)14-12(18-15(22)17(24)26-4-2)10-13(21)20(19-14)11-8-6-5-7-9-11/h5-10H,3-4H2,1-2H3,(H,18,22). The van der Waals surface area contributed by atoms with Crippen LogP contribution in [0.3, 0.4) is 0 Å². The van der Waals surface area contributed by atoms with Gasteiger partial charge in [0.15, 0.2) is 5.69 Å². The quantitative estimate of drug-likeness (QED) is 0.623. The average molecular weight is 359 g/mol. The predicted molar refractivity (Wildman–Crippen MR) is 91.1 cm³/mol. The van der Waals surface area contributed by atoms with Gasteiger partial charge in [-0.2, -0.15) is 9.78 Å². The van der Waals surface area contributed by atoms with Gasteiger partial charge in [-0.05, 0) is 26.0 Å². The van der Waals surface area contributed by atoms with Gasteiger partial charge in [-0.15, -0.1) is 0 Å². The van der Waals surface area contributed by atoms with Crippen molar-refractivity contribution in [2.45, 2.75) is 13.8 Å². The van der Waals surface area contributed by atoms with E-state index in [0.717, 1.165) is 10.7 Å². The smallest absolute Gasteiger partial charge is 0.397 e. The molecule has 1 heterocycles. The maximum Gasteiger partial charge on any atom is 0.397 e. The number of carbonyl (C=O) groups is 3. The third-order valence-electron chi connectivity index (χ3n) is 3.11. The minimum Gasteiger partial charge on any atom is -0.461 e. The van der Waals surface area contributed by atoms with Gasteiger partial charge in [0.25, 0.3) is 5.56 Å². The van der Waals surface area contributed by atoms with Gasteiger partial charge in [-0.25, -0.2) is 9.59 Å². The van der Waals surface area contributed by atoms with Crippen LogP contribution in [0.25, 0.3) is 5.69 Å². The third kappa shape index (κ3) is 4.32. The Hall–Kier alpha value is -3.49. The van der Waals surface area contributed by atoms with Crippen LogP contribution in [0.4, 0.5) is 5.69 Å². The molecule has 0 unspecified atom stereocenters. The number of benzene rings is 1. The molecular weight excluding hydrogens is 342 g/mol. The van der Waals surface area contributed by atoms with Gasteiger partial charge in [0.05, 0.1) is 24.6 Å². The first-order valence-corrected chi connectivity index (χ1v) is 7.83. The molecule has 9 heteroatoms. The lowest BCUT2D eigenvalue weighted by molar-refractivity contribution is -0.152. The second kappa shape index (κ2) is 8.56. The number of esters is 2. The molecule has 0 fully saturated rings. The van der Waals surface area contributed by atoms with E-state index in [4.69, 9.17) is 4.74 Å². The fourth-order valence-corrected chi connectivity index (χ4v) is 2.03. The Morgan fingerprint density at radius 2 is 1.73 bits per heavy atom. The Labute approximate surface area is 148 Å². The molecule has 0 radical (unpaired) electrons. The minimum atomic E-state index is -1.14. The highest BCUT2D eigenvalue weighted by Gasteiger charge is 2.23. The van der Waals surface area contributed by atoms with Crippen molar-refractivity contribution >= 4 is 23.5 Å². The second-order valence-corrected chi connectivity index (χ2v) is 4.89. The van der Waals surface area contributed by atoms with Crippen LogP contribution < -0.4 is 10.9 Å². The number of nitrogens with one attached hydrogen (secondary N) is 1. The molecule has 26 heavy (non-hydrogen) atoms. The number of aromatic nitrogens is 2. The third-order valence-corrected chi connectivity index (χ3v) is 3.11. The summed E-state index contributed by atoms with van der Waals surface area (Å²) in [6.07, 6.45) is 0. The van der Waals surface area contributed by atoms with Crippen LogP contribution in [0, 0.1) is 0 Å². The fraction of sp³-hybridized carbons (Fsp3) is 0.235. The molecule has 136 valence electrons. The van der Waals surface area contributed by atoms with E-state index in [1.807, 2.05) is 0 Å². The number of rotatable bonds is 5. The van der Waals surface area contributed by atoms with Crippen molar-refractivity contribution in [3.05, 3.63) is 52.4 Å². The largest absolute Gasteiger partial charge is 0.461 e. The summed E-state index contributed by atoms with van der Waals surface area (Å²) in [5, 5.41) is 6.15. The summed E-state index contributed by atoms with van der Waals surface area (Å²) in [4.78, 5) is 47.8. The summed E-state index contributed by atoms with van der Waals surface area (Å²) < 4.78 is 10.5. The maximum absolute atomic E-state index is 12.3. The van der Waals surface area contributed by atoms with Gasteiger partial charge < -0.3 is 14.8 Å². The normalized spacial score (nSPS) is 10.1. The van der Waals surface area contributed by atoms with E-state index >= 15 is 0 Å². The van der Waals surface area contributed by atoms with Crippen LogP contribution in [0.5, 0.6) is 0 Å². The van der Waals surface area contributed by atoms with Crippen LogP contribution in [0.2, 0.25) is 0 Å². The van der Waals surface area contributed by atoms with E-state index < -0.39 is 23.4 Å². The highest BCUT2D eigenvalue weighted by molar-refractivity contribution is 6.37. The zero-order valence-corrected chi connectivity index (χ0v) is 14.2. The molecule has 0 saturated carbocycles. The Morgan fingerprint density at radius 1 is 1.08 bits per heavy atom. The fourth-order valence-electron chi connectivity index (χ4n) is 2.03. The Bertz CT molecular complexity index is 876. The molecule has 1 aromatic heterocycles. The van der Waals surface area contributed by atoms with Gasteiger partial charge in [-0.1, -0.05) is 18.2 Å². The summed E-state index contributed by atoms with van der Waals surface area (Å²) in [5.74, 6) is -3.12. The van der Waals surface area contributed by atoms with Crippen LogP contribution in [-0.4, -0.2) is 40.8 Å². The molecule has 0 saturated heterocycles. The number of amides is 1. The average Bonchev–Trinajstić information content (AvgIpc) is 2.63. The second-order valence-electron chi connectivity index (χ2n) is 4.89. The zero-order chi connectivity index (χ0) is 19.1. The summed E-state index contributed by atoms with van der Waals surface area (Å²) in [6.45, 7) is 3.21.